The minimum absolute atomic E-state index is 0.0783. The fourth-order valence-electron chi connectivity index (χ4n) is 8.01. The monoisotopic (exact) mass is 374 g/mol. The summed E-state index contributed by atoms with van der Waals surface area (Å²) < 4.78 is 0. The van der Waals surface area contributed by atoms with Crippen LogP contribution in [0.4, 0.5) is 0 Å². The molecule has 0 aromatic rings. The normalized spacial score (nSPS) is 45.5. The Bertz CT molecular complexity index is 573. The van der Waals surface area contributed by atoms with Crippen molar-refractivity contribution in [2.45, 2.75) is 104 Å². The zero-order valence-corrected chi connectivity index (χ0v) is 18.1. The van der Waals surface area contributed by atoms with Crippen molar-refractivity contribution in [3.63, 3.8) is 0 Å². The Morgan fingerprint density at radius 2 is 1.93 bits per heavy atom. The van der Waals surface area contributed by atoms with Crippen LogP contribution in [0.2, 0.25) is 0 Å². The Kier molecular flexibility index (Phi) is 5.30. The summed E-state index contributed by atoms with van der Waals surface area (Å²) in [5.41, 5.74) is 1.59. The van der Waals surface area contributed by atoms with E-state index in [1.807, 2.05) is 13.8 Å². The average molecular weight is 375 g/mol. The minimum Gasteiger partial charge on any atom is -0.393 e. The van der Waals surface area contributed by atoms with Crippen molar-refractivity contribution in [3.05, 3.63) is 11.6 Å². The molecule has 3 saturated carbocycles. The van der Waals surface area contributed by atoms with Gasteiger partial charge in [0, 0.05) is 0 Å². The average Bonchev–Trinajstić information content (AvgIpc) is 2.96. The van der Waals surface area contributed by atoms with Gasteiger partial charge in [0.2, 0.25) is 0 Å². The van der Waals surface area contributed by atoms with Crippen LogP contribution in [0.25, 0.3) is 0 Å². The second-order valence-electron chi connectivity index (χ2n) is 11.5. The van der Waals surface area contributed by atoms with E-state index in [1.165, 1.54) is 38.5 Å². The van der Waals surface area contributed by atoms with E-state index in [1.54, 1.807) is 5.57 Å². The Balaban J connectivity index is 1.48. The van der Waals surface area contributed by atoms with Gasteiger partial charge in [-0.3, -0.25) is 0 Å². The third-order valence-corrected chi connectivity index (χ3v) is 9.39. The van der Waals surface area contributed by atoms with Crippen LogP contribution in [-0.2, 0) is 0 Å². The van der Waals surface area contributed by atoms with Gasteiger partial charge in [-0.15, -0.1) is 0 Å². The molecular formula is C25H42O2. The van der Waals surface area contributed by atoms with Gasteiger partial charge in [-0.05, 0) is 119 Å². The van der Waals surface area contributed by atoms with E-state index in [0.29, 0.717) is 5.41 Å². The lowest BCUT2D eigenvalue weighted by atomic mass is 9.51. The standard InChI is InChI=1S/C25H42O2/c1-16(11-13-24(2,3)27)22-9-10-23-21-7-5-17-15-18(26)6-8-19(17)20(21)12-14-25(22,23)4/h5,16,18-23,26-27H,6-15H2,1-4H3/t16?,18-,19-,20?,21?,22+,23?,25+/m0/s1. The number of hydrogen-bond donors (Lipinski definition) is 2. The minimum atomic E-state index is -0.527. The molecule has 4 aliphatic carbocycles. The maximum absolute atomic E-state index is 10.2. The second-order valence-corrected chi connectivity index (χ2v) is 11.5. The Morgan fingerprint density at radius 1 is 1.15 bits per heavy atom. The van der Waals surface area contributed by atoms with Crippen LogP contribution >= 0.6 is 0 Å². The molecule has 154 valence electrons. The number of aliphatic hydroxyl groups is 2. The van der Waals surface area contributed by atoms with Gasteiger partial charge in [-0.2, -0.15) is 0 Å². The fourth-order valence-corrected chi connectivity index (χ4v) is 8.01. The predicted octanol–water partition coefficient (Wildman–Crippen LogP) is 5.72. The van der Waals surface area contributed by atoms with Gasteiger partial charge >= 0.3 is 0 Å². The molecule has 27 heavy (non-hydrogen) atoms. The zero-order valence-electron chi connectivity index (χ0n) is 18.1. The van der Waals surface area contributed by atoms with E-state index in [9.17, 15) is 10.2 Å². The number of aliphatic hydroxyl groups excluding tert-OH is 1. The molecule has 2 heteroatoms. The van der Waals surface area contributed by atoms with Gasteiger partial charge in [0.1, 0.15) is 0 Å². The topological polar surface area (TPSA) is 40.5 Å². The summed E-state index contributed by atoms with van der Waals surface area (Å²) in [5, 5.41) is 20.2. The lowest BCUT2D eigenvalue weighted by molar-refractivity contribution is -0.0319. The second kappa shape index (κ2) is 7.17. The van der Waals surface area contributed by atoms with E-state index in [0.717, 1.165) is 61.2 Å². The van der Waals surface area contributed by atoms with Crippen LogP contribution in [0.5, 0.6) is 0 Å². The summed E-state index contributed by atoms with van der Waals surface area (Å²) in [6.45, 7) is 8.99. The summed E-state index contributed by atoms with van der Waals surface area (Å²) in [4.78, 5) is 0. The predicted molar refractivity (Wildman–Crippen MR) is 111 cm³/mol. The van der Waals surface area contributed by atoms with Gasteiger partial charge in [0.15, 0.2) is 0 Å². The summed E-state index contributed by atoms with van der Waals surface area (Å²) in [6, 6.07) is 0. The molecule has 0 aromatic carbocycles. The van der Waals surface area contributed by atoms with Gasteiger partial charge in [0.25, 0.3) is 0 Å². The van der Waals surface area contributed by atoms with Crippen molar-refractivity contribution in [1.29, 1.82) is 0 Å². The maximum atomic E-state index is 10.2. The summed E-state index contributed by atoms with van der Waals surface area (Å²) in [7, 11) is 0. The van der Waals surface area contributed by atoms with E-state index >= 15 is 0 Å². The molecule has 4 aliphatic rings. The smallest absolute Gasteiger partial charge is 0.0591 e. The highest BCUT2D eigenvalue weighted by atomic mass is 16.3. The van der Waals surface area contributed by atoms with Crippen molar-refractivity contribution in [2.75, 3.05) is 0 Å². The summed E-state index contributed by atoms with van der Waals surface area (Å²) >= 11 is 0. The van der Waals surface area contributed by atoms with Crippen LogP contribution in [0.15, 0.2) is 11.6 Å². The zero-order chi connectivity index (χ0) is 19.4. The Labute approximate surface area is 166 Å². The van der Waals surface area contributed by atoms with Crippen molar-refractivity contribution in [1.82, 2.24) is 0 Å². The van der Waals surface area contributed by atoms with Crippen LogP contribution in [-0.4, -0.2) is 21.9 Å². The van der Waals surface area contributed by atoms with Crippen molar-refractivity contribution >= 4 is 0 Å². The van der Waals surface area contributed by atoms with Crippen molar-refractivity contribution in [3.8, 4) is 0 Å². The number of fused-ring (bicyclic) bond motifs is 5. The molecule has 0 aliphatic heterocycles. The Hall–Kier alpha value is -0.340. The molecule has 0 spiro atoms. The van der Waals surface area contributed by atoms with Crippen LogP contribution < -0.4 is 0 Å². The molecule has 0 heterocycles. The number of hydrogen-bond acceptors (Lipinski definition) is 2. The number of rotatable bonds is 4. The summed E-state index contributed by atoms with van der Waals surface area (Å²) in [5.74, 6) is 5.02. The first-order chi connectivity index (χ1) is 12.7. The Morgan fingerprint density at radius 3 is 2.67 bits per heavy atom. The lowest BCUT2D eigenvalue weighted by Crippen LogP contribution is -2.47. The third-order valence-electron chi connectivity index (χ3n) is 9.39. The van der Waals surface area contributed by atoms with Crippen molar-refractivity contribution < 1.29 is 10.2 Å². The van der Waals surface area contributed by atoms with E-state index in [-0.39, 0.29) is 6.10 Å². The quantitative estimate of drug-likeness (QED) is 0.618. The first-order valence-electron chi connectivity index (χ1n) is 11.8. The molecule has 4 unspecified atom stereocenters. The molecule has 0 saturated heterocycles. The van der Waals surface area contributed by atoms with E-state index < -0.39 is 5.60 Å². The first-order valence-corrected chi connectivity index (χ1v) is 11.8. The molecule has 8 atom stereocenters. The summed E-state index contributed by atoms with van der Waals surface area (Å²) in [6.07, 6.45) is 14.7. The molecule has 0 aromatic heterocycles. The molecule has 3 fully saturated rings. The van der Waals surface area contributed by atoms with Gasteiger partial charge in [-0.25, -0.2) is 0 Å². The first kappa shape index (κ1) is 20.0. The largest absolute Gasteiger partial charge is 0.393 e. The van der Waals surface area contributed by atoms with Crippen molar-refractivity contribution in [2.24, 2.45) is 40.9 Å². The third kappa shape index (κ3) is 3.66. The fraction of sp³-hybridized carbons (Fsp3) is 0.920. The highest BCUT2D eigenvalue weighted by molar-refractivity contribution is 5.20. The van der Waals surface area contributed by atoms with Crippen LogP contribution in [0.3, 0.4) is 0 Å². The molecule has 2 nitrogen and oxygen atoms in total. The molecule has 4 rings (SSSR count). The van der Waals surface area contributed by atoms with Crippen LogP contribution in [0.1, 0.15) is 91.9 Å². The molecular weight excluding hydrogens is 332 g/mol. The molecule has 0 amide bonds. The van der Waals surface area contributed by atoms with E-state index in [4.69, 9.17) is 0 Å². The number of allylic oxidation sites excluding steroid dienone is 1. The highest BCUT2D eigenvalue weighted by Gasteiger charge is 2.56. The van der Waals surface area contributed by atoms with E-state index in [2.05, 4.69) is 19.9 Å². The SMILES string of the molecule is CC(CCC(C)(C)O)[C@H]1CCC2C3CC=C4C[C@@H](O)CC[C@@H]4C3CC[C@@]21C. The molecule has 0 radical (unpaired) electrons. The van der Waals surface area contributed by atoms with Gasteiger partial charge < -0.3 is 10.2 Å². The van der Waals surface area contributed by atoms with Gasteiger partial charge in [0.05, 0.1) is 11.7 Å². The molecule has 0 bridgehead atoms. The highest BCUT2D eigenvalue weighted by Crippen LogP contribution is 2.64. The van der Waals surface area contributed by atoms with Crippen LogP contribution in [0, 0.1) is 40.9 Å². The lowest BCUT2D eigenvalue weighted by Gasteiger charge is -2.54. The maximum Gasteiger partial charge on any atom is 0.0591 e. The molecule has 2 N–H and O–H groups in total. The van der Waals surface area contributed by atoms with Gasteiger partial charge in [-0.1, -0.05) is 25.5 Å².